The van der Waals surface area contributed by atoms with Gasteiger partial charge in [0, 0.05) is 24.2 Å². The zero-order valence-electron chi connectivity index (χ0n) is 12.8. The first kappa shape index (κ1) is 15.4. The fourth-order valence-corrected chi connectivity index (χ4v) is 2.79. The number of aromatic nitrogens is 4. The van der Waals surface area contributed by atoms with Crippen LogP contribution >= 0.6 is 11.8 Å². The molecule has 0 aliphatic heterocycles. The lowest BCUT2D eigenvalue weighted by atomic mass is 10.2. The number of benzene rings is 1. The topological polar surface area (TPSA) is 72.9 Å². The van der Waals surface area contributed by atoms with Crippen molar-refractivity contribution in [2.45, 2.75) is 10.9 Å². The molecule has 0 unspecified atom stereocenters. The molecule has 0 amide bonds. The Balaban J connectivity index is 1.76. The lowest BCUT2D eigenvalue weighted by Gasteiger charge is -2.07. The first-order valence-corrected chi connectivity index (χ1v) is 7.95. The summed E-state index contributed by atoms with van der Waals surface area (Å²) in [7, 11) is 3.24. The van der Waals surface area contributed by atoms with Crippen LogP contribution in [-0.4, -0.2) is 34.4 Å². The van der Waals surface area contributed by atoms with Crippen LogP contribution in [0.15, 0.2) is 47.9 Å². The van der Waals surface area contributed by atoms with Crippen molar-refractivity contribution in [1.29, 1.82) is 0 Å². The molecule has 23 heavy (non-hydrogen) atoms. The van der Waals surface area contributed by atoms with Crippen LogP contribution in [-0.2, 0) is 5.75 Å². The highest BCUT2D eigenvalue weighted by Crippen LogP contribution is 2.32. The molecule has 0 aliphatic carbocycles. The Hall–Kier alpha value is -2.54. The summed E-state index contributed by atoms with van der Waals surface area (Å²) in [6.45, 7) is 0. The predicted octanol–water partition coefficient (Wildman–Crippen LogP) is 3.18. The van der Waals surface area contributed by atoms with Crippen molar-refractivity contribution >= 4 is 11.8 Å². The van der Waals surface area contributed by atoms with Crippen LogP contribution in [0.4, 0.5) is 0 Å². The summed E-state index contributed by atoms with van der Waals surface area (Å²) >= 11 is 1.55. The fourth-order valence-electron chi connectivity index (χ4n) is 2.06. The second-order valence-electron chi connectivity index (χ2n) is 4.68. The highest BCUT2D eigenvalue weighted by atomic mass is 32.2. The number of rotatable bonds is 6. The van der Waals surface area contributed by atoms with Gasteiger partial charge < -0.3 is 9.47 Å². The second-order valence-corrected chi connectivity index (χ2v) is 5.63. The molecule has 3 rings (SSSR count). The van der Waals surface area contributed by atoms with Gasteiger partial charge in [0.25, 0.3) is 0 Å². The van der Waals surface area contributed by atoms with Crippen LogP contribution in [0, 0.1) is 0 Å². The van der Waals surface area contributed by atoms with Gasteiger partial charge in [-0.3, -0.25) is 10.1 Å². The molecule has 3 aromatic rings. The zero-order chi connectivity index (χ0) is 16.1. The van der Waals surface area contributed by atoms with Gasteiger partial charge in [-0.1, -0.05) is 17.8 Å². The third-order valence-electron chi connectivity index (χ3n) is 3.22. The molecule has 0 fully saturated rings. The summed E-state index contributed by atoms with van der Waals surface area (Å²) in [6, 6.07) is 9.53. The Morgan fingerprint density at radius 1 is 1.17 bits per heavy atom. The monoisotopic (exact) mass is 328 g/mol. The van der Waals surface area contributed by atoms with E-state index >= 15 is 0 Å². The highest BCUT2D eigenvalue weighted by Gasteiger charge is 2.12. The van der Waals surface area contributed by atoms with Gasteiger partial charge in [0.2, 0.25) is 5.16 Å². The lowest BCUT2D eigenvalue weighted by molar-refractivity contribution is 0.395. The largest absolute Gasteiger partial charge is 0.497 e. The molecule has 0 spiro atoms. The third kappa shape index (κ3) is 3.62. The summed E-state index contributed by atoms with van der Waals surface area (Å²) in [5, 5.41) is 7.88. The number of aromatic amines is 1. The minimum absolute atomic E-state index is 0.665. The molecule has 0 saturated carbocycles. The molecule has 0 aliphatic rings. The molecule has 6 nitrogen and oxygen atoms in total. The molecule has 2 heterocycles. The SMILES string of the molecule is COc1ccc(-c2nc(SCc3cccnc3)n[nH]2)c(OC)c1. The van der Waals surface area contributed by atoms with Crippen LogP contribution in [0.1, 0.15) is 5.56 Å². The van der Waals surface area contributed by atoms with E-state index in [1.54, 1.807) is 32.2 Å². The molecule has 1 aromatic carbocycles. The lowest BCUT2D eigenvalue weighted by Crippen LogP contribution is -1.91. The van der Waals surface area contributed by atoms with Crippen LogP contribution in [0.5, 0.6) is 11.5 Å². The maximum absolute atomic E-state index is 5.40. The first-order valence-electron chi connectivity index (χ1n) is 6.96. The van der Waals surface area contributed by atoms with Crippen LogP contribution in [0.25, 0.3) is 11.4 Å². The van der Waals surface area contributed by atoms with Crippen molar-refractivity contribution in [2.75, 3.05) is 14.2 Å². The third-order valence-corrected chi connectivity index (χ3v) is 4.14. The van der Waals surface area contributed by atoms with E-state index in [2.05, 4.69) is 20.2 Å². The Labute approximate surface area is 138 Å². The minimum Gasteiger partial charge on any atom is -0.497 e. The summed E-state index contributed by atoms with van der Waals surface area (Å²) in [5.74, 6) is 2.85. The van der Waals surface area contributed by atoms with Gasteiger partial charge in [-0.15, -0.1) is 5.10 Å². The van der Waals surface area contributed by atoms with E-state index in [4.69, 9.17) is 9.47 Å². The number of hydrogen-bond donors (Lipinski definition) is 1. The fraction of sp³-hybridized carbons (Fsp3) is 0.188. The van der Waals surface area contributed by atoms with E-state index in [0.29, 0.717) is 16.7 Å². The molecule has 7 heteroatoms. The summed E-state index contributed by atoms with van der Waals surface area (Å²) in [5.41, 5.74) is 1.97. The zero-order valence-corrected chi connectivity index (χ0v) is 13.6. The standard InChI is InChI=1S/C16H16N4O2S/c1-21-12-5-6-13(14(8-12)22-2)15-18-16(20-19-15)23-10-11-4-3-7-17-9-11/h3-9H,10H2,1-2H3,(H,18,19,20). The average molecular weight is 328 g/mol. The van der Waals surface area contributed by atoms with Crippen molar-refractivity contribution in [2.24, 2.45) is 0 Å². The van der Waals surface area contributed by atoms with Gasteiger partial charge in [-0.05, 0) is 23.8 Å². The quantitative estimate of drug-likeness (QED) is 0.701. The highest BCUT2D eigenvalue weighted by molar-refractivity contribution is 7.98. The number of ether oxygens (including phenoxy) is 2. The second kappa shape index (κ2) is 7.15. The molecule has 0 saturated heterocycles. The van der Waals surface area contributed by atoms with Crippen molar-refractivity contribution < 1.29 is 9.47 Å². The molecular formula is C16H16N4O2S. The minimum atomic E-state index is 0.665. The molecule has 1 N–H and O–H groups in total. The number of hydrogen-bond acceptors (Lipinski definition) is 6. The summed E-state index contributed by atoms with van der Waals surface area (Å²) < 4.78 is 10.6. The van der Waals surface area contributed by atoms with E-state index in [9.17, 15) is 0 Å². The van der Waals surface area contributed by atoms with Gasteiger partial charge in [0.05, 0.1) is 19.8 Å². The molecule has 118 valence electrons. The Morgan fingerprint density at radius 2 is 2.09 bits per heavy atom. The average Bonchev–Trinajstić information content (AvgIpc) is 3.09. The maximum atomic E-state index is 5.40. The van der Waals surface area contributed by atoms with Crippen LogP contribution in [0.2, 0.25) is 0 Å². The number of nitrogens with one attached hydrogen (secondary N) is 1. The van der Waals surface area contributed by atoms with E-state index in [1.165, 1.54) is 0 Å². The van der Waals surface area contributed by atoms with Gasteiger partial charge in [0.1, 0.15) is 11.5 Å². The Bertz CT molecular complexity index is 777. The Kier molecular flexibility index (Phi) is 4.77. The number of H-pyrrole nitrogens is 1. The molecular weight excluding hydrogens is 312 g/mol. The summed E-state index contributed by atoms with van der Waals surface area (Å²) in [4.78, 5) is 8.61. The van der Waals surface area contributed by atoms with Gasteiger partial charge >= 0.3 is 0 Å². The van der Waals surface area contributed by atoms with Crippen LogP contribution < -0.4 is 9.47 Å². The van der Waals surface area contributed by atoms with E-state index < -0.39 is 0 Å². The van der Waals surface area contributed by atoms with Crippen molar-refractivity contribution in [3.8, 4) is 22.9 Å². The maximum Gasteiger partial charge on any atom is 0.209 e. The molecule has 0 bridgehead atoms. The van der Waals surface area contributed by atoms with Crippen LogP contribution in [0.3, 0.4) is 0 Å². The smallest absolute Gasteiger partial charge is 0.209 e. The van der Waals surface area contributed by atoms with Crippen molar-refractivity contribution in [3.63, 3.8) is 0 Å². The van der Waals surface area contributed by atoms with Crippen molar-refractivity contribution in [1.82, 2.24) is 20.2 Å². The number of thioether (sulfide) groups is 1. The van der Waals surface area contributed by atoms with Gasteiger partial charge in [-0.25, -0.2) is 4.98 Å². The number of nitrogens with zero attached hydrogens (tertiary/aromatic N) is 3. The molecule has 0 atom stereocenters. The predicted molar refractivity (Wildman–Crippen MR) is 88.7 cm³/mol. The van der Waals surface area contributed by atoms with Gasteiger partial charge in [-0.2, -0.15) is 0 Å². The number of pyridine rings is 1. The van der Waals surface area contributed by atoms with Gasteiger partial charge in [0.15, 0.2) is 5.82 Å². The van der Waals surface area contributed by atoms with E-state index in [1.807, 2.05) is 36.5 Å². The number of methoxy groups -OCH3 is 2. The molecule has 0 radical (unpaired) electrons. The molecule has 2 aromatic heterocycles. The van der Waals surface area contributed by atoms with E-state index in [-0.39, 0.29) is 0 Å². The van der Waals surface area contributed by atoms with Crippen molar-refractivity contribution in [3.05, 3.63) is 48.3 Å². The first-order chi connectivity index (χ1) is 11.3. The Morgan fingerprint density at radius 3 is 2.83 bits per heavy atom. The van der Waals surface area contributed by atoms with E-state index in [0.717, 1.165) is 22.6 Å². The summed E-state index contributed by atoms with van der Waals surface area (Å²) in [6.07, 6.45) is 3.60. The normalized spacial score (nSPS) is 10.5.